The summed E-state index contributed by atoms with van der Waals surface area (Å²) in [6, 6.07) is 10.7. The highest BCUT2D eigenvalue weighted by Crippen LogP contribution is 2.36. The molecule has 0 spiro atoms. The Kier molecular flexibility index (Phi) is 6.82. The van der Waals surface area contributed by atoms with Crippen molar-refractivity contribution in [2.24, 2.45) is 0 Å². The van der Waals surface area contributed by atoms with Gasteiger partial charge < -0.3 is 14.5 Å². The number of hydrogen-bond acceptors (Lipinski definition) is 6. The maximum absolute atomic E-state index is 13.3. The van der Waals surface area contributed by atoms with Gasteiger partial charge in [-0.1, -0.05) is 12.1 Å². The zero-order valence-electron chi connectivity index (χ0n) is 15.6. The summed E-state index contributed by atoms with van der Waals surface area (Å²) in [5, 5.41) is 13.8. The number of carbonyl (C=O) groups excluding carboxylic acids is 2. The van der Waals surface area contributed by atoms with Crippen molar-refractivity contribution in [3.05, 3.63) is 69.2 Å². The maximum atomic E-state index is 13.3. The molecule has 9 heteroatoms. The van der Waals surface area contributed by atoms with Gasteiger partial charge in [-0.25, -0.2) is 9.18 Å². The molecule has 1 aromatic carbocycles. The number of thiophene rings is 1. The molecule has 0 atom stereocenters. The minimum Gasteiger partial charge on any atom is -0.462 e. The van der Waals surface area contributed by atoms with Crippen LogP contribution in [0.25, 0.3) is 17.2 Å². The van der Waals surface area contributed by atoms with Crippen molar-refractivity contribution < 1.29 is 23.1 Å². The normalized spacial score (nSPS) is 11.1. The van der Waals surface area contributed by atoms with E-state index >= 15 is 0 Å². The molecule has 1 amide bonds. The second-order valence-corrected chi connectivity index (χ2v) is 7.51. The highest BCUT2D eigenvalue weighted by Gasteiger charge is 2.24. The number of ether oxygens (including phenoxy) is 1. The summed E-state index contributed by atoms with van der Waals surface area (Å²) in [4.78, 5) is 25.2. The van der Waals surface area contributed by atoms with Crippen molar-refractivity contribution in [1.29, 1.82) is 5.26 Å². The molecule has 0 saturated carbocycles. The molecule has 0 aliphatic carbocycles. The zero-order chi connectivity index (χ0) is 21.7. The first-order chi connectivity index (χ1) is 14.4. The van der Waals surface area contributed by atoms with Gasteiger partial charge in [0.1, 0.15) is 33.8 Å². The molecule has 1 N–H and O–H groups in total. The number of hydrogen-bond donors (Lipinski definition) is 1. The Labute approximate surface area is 183 Å². The molecule has 0 fully saturated rings. The van der Waals surface area contributed by atoms with Gasteiger partial charge in [-0.15, -0.1) is 11.3 Å². The van der Waals surface area contributed by atoms with Crippen LogP contribution in [0.15, 0.2) is 56.4 Å². The van der Waals surface area contributed by atoms with E-state index in [1.54, 1.807) is 24.4 Å². The minimum absolute atomic E-state index is 0.139. The molecular weight excluding hydrogens is 475 g/mol. The number of anilines is 1. The molecule has 0 saturated heterocycles. The third kappa shape index (κ3) is 4.84. The van der Waals surface area contributed by atoms with Gasteiger partial charge in [-0.2, -0.15) is 5.26 Å². The van der Waals surface area contributed by atoms with Crippen LogP contribution in [0.3, 0.4) is 0 Å². The SMILES string of the molecule is CCOC(=O)c1c(-c2ccc(F)cc2)csc1NC(=O)C(C#N)=Cc1ccc(Br)o1. The van der Waals surface area contributed by atoms with Crippen molar-refractivity contribution >= 4 is 50.2 Å². The van der Waals surface area contributed by atoms with Gasteiger partial charge in [0, 0.05) is 17.0 Å². The molecular formula is C21H14BrFN2O4S. The first kappa shape index (κ1) is 21.5. The fraction of sp³-hybridized carbons (Fsp3) is 0.0952. The quantitative estimate of drug-likeness (QED) is 0.275. The van der Waals surface area contributed by atoms with Crippen LogP contribution in [-0.4, -0.2) is 18.5 Å². The van der Waals surface area contributed by atoms with Gasteiger partial charge in [0.15, 0.2) is 4.67 Å². The van der Waals surface area contributed by atoms with Crippen molar-refractivity contribution in [1.82, 2.24) is 0 Å². The second kappa shape index (κ2) is 9.52. The van der Waals surface area contributed by atoms with Gasteiger partial charge in [-0.3, -0.25) is 4.79 Å². The maximum Gasteiger partial charge on any atom is 0.341 e. The van der Waals surface area contributed by atoms with Gasteiger partial charge in [0.05, 0.1) is 6.61 Å². The molecule has 152 valence electrons. The van der Waals surface area contributed by atoms with Gasteiger partial charge in [0.25, 0.3) is 5.91 Å². The lowest BCUT2D eigenvalue weighted by Gasteiger charge is -2.08. The third-order valence-electron chi connectivity index (χ3n) is 3.90. The molecule has 2 heterocycles. The number of amides is 1. The van der Waals surface area contributed by atoms with Crippen LogP contribution in [0.2, 0.25) is 0 Å². The van der Waals surface area contributed by atoms with Crippen LogP contribution in [0, 0.1) is 17.1 Å². The summed E-state index contributed by atoms with van der Waals surface area (Å²) in [5.41, 5.74) is 1.02. The van der Waals surface area contributed by atoms with Crippen molar-refractivity contribution in [3.8, 4) is 17.2 Å². The topological polar surface area (TPSA) is 92.3 Å². The Morgan fingerprint density at radius 3 is 2.63 bits per heavy atom. The molecule has 0 bridgehead atoms. The Hall–Kier alpha value is -3.22. The van der Waals surface area contributed by atoms with Gasteiger partial charge in [-0.05, 0) is 52.7 Å². The van der Waals surface area contributed by atoms with E-state index in [-0.39, 0.29) is 22.7 Å². The van der Waals surface area contributed by atoms with Crippen LogP contribution in [-0.2, 0) is 9.53 Å². The van der Waals surface area contributed by atoms with E-state index < -0.39 is 17.7 Å². The second-order valence-electron chi connectivity index (χ2n) is 5.85. The standard InChI is InChI=1S/C21H14BrFN2O4S/c1-2-28-21(27)18-16(12-3-5-14(23)6-4-12)11-30-20(18)25-19(26)13(10-24)9-15-7-8-17(22)29-15/h3-9,11H,2H2,1H3,(H,25,26). The van der Waals surface area contributed by atoms with E-state index in [1.165, 1.54) is 30.3 Å². The first-order valence-electron chi connectivity index (χ1n) is 8.66. The molecule has 0 radical (unpaired) electrons. The zero-order valence-corrected chi connectivity index (χ0v) is 18.0. The molecule has 0 unspecified atom stereocenters. The largest absolute Gasteiger partial charge is 0.462 e. The average molecular weight is 489 g/mol. The molecule has 0 aliphatic heterocycles. The van der Waals surface area contributed by atoms with Gasteiger partial charge >= 0.3 is 5.97 Å². The van der Waals surface area contributed by atoms with Crippen molar-refractivity contribution in [3.63, 3.8) is 0 Å². The highest BCUT2D eigenvalue weighted by atomic mass is 79.9. The monoisotopic (exact) mass is 488 g/mol. The lowest BCUT2D eigenvalue weighted by atomic mass is 10.0. The Morgan fingerprint density at radius 2 is 2.03 bits per heavy atom. The van der Waals surface area contributed by atoms with Gasteiger partial charge in [0.2, 0.25) is 0 Å². The number of nitrogens with one attached hydrogen (secondary N) is 1. The van der Waals surface area contributed by atoms with Crippen molar-refractivity contribution in [2.75, 3.05) is 11.9 Å². The summed E-state index contributed by atoms with van der Waals surface area (Å²) in [5.74, 6) is -1.43. The van der Waals surface area contributed by atoms with E-state index in [9.17, 15) is 19.2 Å². The Balaban J connectivity index is 1.96. The average Bonchev–Trinajstić information content (AvgIpc) is 3.32. The van der Waals surface area contributed by atoms with E-state index in [4.69, 9.17) is 9.15 Å². The first-order valence-corrected chi connectivity index (χ1v) is 10.3. The molecule has 6 nitrogen and oxygen atoms in total. The molecule has 30 heavy (non-hydrogen) atoms. The smallest absolute Gasteiger partial charge is 0.341 e. The van der Waals surface area contributed by atoms with Crippen LogP contribution >= 0.6 is 27.3 Å². The van der Waals surface area contributed by atoms with E-state index in [0.717, 1.165) is 11.3 Å². The van der Waals surface area contributed by atoms with Crippen LogP contribution in [0.5, 0.6) is 0 Å². The summed E-state index contributed by atoms with van der Waals surface area (Å²) >= 11 is 4.25. The summed E-state index contributed by atoms with van der Waals surface area (Å²) in [7, 11) is 0. The fourth-order valence-electron chi connectivity index (χ4n) is 2.56. The highest BCUT2D eigenvalue weighted by molar-refractivity contribution is 9.10. The van der Waals surface area contributed by atoms with E-state index in [2.05, 4.69) is 21.2 Å². The number of halogens is 2. The van der Waals surface area contributed by atoms with Crippen LogP contribution < -0.4 is 5.32 Å². The molecule has 3 rings (SSSR count). The predicted molar refractivity (Wildman–Crippen MR) is 114 cm³/mol. The Morgan fingerprint density at radius 1 is 1.30 bits per heavy atom. The lowest BCUT2D eigenvalue weighted by Crippen LogP contribution is -2.16. The molecule has 2 aromatic heterocycles. The van der Waals surface area contributed by atoms with Crippen LogP contribution in [0.4, 0.5) is 9.39 Å². The molecule has 0 aliphatic rings. The Bertz CT molecular complexity index is 1160. The number of nitrogens with zero attached hydrogens (tertiary/aromatic N) is 1. The fourth-order valence-corrected chi connectivity index (χ4v) is 3.84. The van der Waals surface area contributed by atoms with E-state index in [1.807, 2.05) is 6.07 Å². The summed E-state index contributed by atoms with van der Waals surface area (Å²) < 4.78 is 24.1. The number of rotatable bonds is 6. The van der Waals surface area contributed by atoms with Crippen molar-refractivity contribution in [2.45, 2.75) is 6.92 Å². The van der Waals surface area contributed by atoms with E-state index in [0.29, 0.717) is 21.6 Å². The predicted octanol–water partition coefficient (Wildman–Crippen LogP) is 5.63. The molecule has 3 aromatic rings. The number of benzene rings is 1. The lowest BCUT2D eigenvalue weighted by molar-refractivity contribution is -0.112. The summed E-state index contributed by atoms with van der Waals surface area (Å²) in [6.45, 7) is 1.81. The minimum atomic E-state index is -0.705. The van der Waals surface area contributed by atoms with Crippen LogP contribution in [0.1, 0.15) is 23.0 Å². The summed E-state index contributed by atoms with van der Waals surface area (Å²) in [6.07, 6.45) is 1.29. The third-order valence-corrected chi connectivity index (χ3v) is 5.22. The number of carbonyl (C=O) groups is 2. The number of esters is 1. The number of nitriles is 1. The number of furan rings is 1.